The molecule has 0 radical (unpaired) electrons. The lowest BCUT2D eigenvalue weighted by atomic mass is 10.0. The van der Waals surface area contributed by atoms with Crippen molar-refractivity contribution in [1.82, 2.24) is 5.32 Å². The molecule has 0 bridgehead atoms. The Bertz CT molecular complexity index is 276. The molecule has 0 heterocycles. The predicted molar refractivity (Wildman–Crippen MR) is 57.9 cm³/mol. The molecule has 1 rings (SSSR count). The number of hydrogen-bond donors (Lipinski definition) is 1. The molecule has 1 aromatic rings. The van der Waals surface area contributed by atoms with Crippen molar-refractivity contribution in [3.05, 3.63) is 34.9 Å². The second kappa shape index (κ2) is 4.43. The van der Waals surface area contributed by atoms with Gasteiger partial charge in [-0.2, -0.15) is 0 Å². The molecule has 1 N–H and O–H groups in total. The summed E-state index contributed by atoms with van der Waals surface area (Å²) in [5.41, 5.74) is 4.20. The summed E-state index contributed by atoms with van der Waals surface area (Å²) in [6.07, 6.45) is 0. The molecule has 1 aromatic carbocycles. The molecule has 0 amide bonds. The van der Waals surface area contributed by atoms with E-state index in [0.29, 0.717) is 6.04 Å². The number of rotatable bonds is 3. The van der Waals surface area contributed by atoms with E-state index in [9.17, 15) is 0 Å². The van der Waals surface area contributed by atoms with E-state index in [4.69, 9.17) is 0 Å². The summed E-state index contributed by atoms with van der Waals surface area (Å²) in [6.45, 7) is 9.67. The summed E-state index contributed by atoms with van der Waals surface area (Å²) < 4.78 is 0. The highest BCUT2D eigenvalue weighted by Gasteiger charge is 2.00. The van der Waals surface area contributed by atoms with Gasteiger partial charge in [-0.1, -0.05) is 32.0 Å². The SMILES string of the molecule is Cc1cccc(CNC(C)C)c1C. The van der Waals surface area contributed by atoms with Crippen LogP contribution in [0.25, 0.3) is 0 Å². The summed E-state index contributed by atoms with van der Waals surface area (Å²) >= 11 is 0. The molecule has 0 atom stereocenters. The van der Waals surface area contributed by atoms with Gasteiger partial charge in [-0.25, -0.2) is 0 Å². The van der Waals surface area contributed by atoms with Gasteiger partial charge in [0.1, 0.15) is 0 Å². The molecule has 0 aliphatic carbocycles. The predicted octanol–water partition coefficient (Wildman–Crippen LogP) is 2.80. The van der Waals surface area contributed by atoms with E-state index in [0.717, 1.165) is 6.54 Å². The second-order valence-electron chi connectivity index (χ2n) is 3.89. The lowest BCUT2D eigenvalue weighted by molar-refractivity contribution is 0.587. The highest BCUT2D eigenvalue weighted by molar-refractivity contribution is 5.32. The summed E-state index contributed by atoms with van der Waals surface area (Å²) in [7, 11) is 0. The molecule has 1 heteroatoms. The Morgan fingerprint density at radius 3 is 2.54 bits per heavy atom. The summed E-state index contributed by atoms with van der Waals surface area (Å²) in [4.78, 5) is 0. The molecule has 13 heavy (non-hydrogen) atoms. The summed E-state index contributed by atoms with van der Waals surface area (Å²) in [5, 5.41) is 3.43. The fourth-order valence-electron chi connectivity index (χ4n) is 1.32. The molecule has 0 aromatic heterocycles. The topological polar surface area (TPSA) is 12.0 Å². The van der Waals surface area contributed by atoms with Crippen molar-refractivity contribution in [2.45, 2.75) is 40.3 Å². The average Bonchev–Trinajstić information content (AvgIpc) is 2.07. The third-order valence-corrected chi connectivity index (χ3v) is 2.42. The van der Waals surface area contributed by atoms with Crippen LogP contribution in [0.3, 0.4) is 0 Å². The Kier molecular flexibility index (Phi) is 3.49. The van der Waals surface area contributed by atoms with Gasteiger partial charge in [-0.15, -0.1) is 0 Å². The zero-order valence-electron chi connectivity index (χ0n) is 9.02. The van der Waals surface area contributed by atoms with Crippen molar-refractivity contribution in [3.63, 3.8) is 0 Å². The molecule has 0 saturated carbocycles. The van der Waals surface area contributed by atoms with Gasteiger partial charge in [0.25, 0.3) is 0 Å². The van der Waals surface area contributed by atoms with Crippen molar-refractivity contribution in [2.75, 3.05) is 0 Å². The highest BCUT2D eigenvalue weighted by Crippen LogP contribution is 2.12. The fourth-order valence-corrected chi connectivity index (χ4v) is 1.32. The second-order valence-corrected chi connectivity index (χ2v) is 3.89. The Hall–Kier alpha value is -0.820. The first-order valence-corrected chi connectivity index (χ1v) is 4.89. The minimum Gasteiger partial charge on any atom is -0.310 e. The maximum Gasteiger partial charge on any atom is 0.0210 e. The van der Waals surface area contributed by atoms with E-state index in [1.165, 1.54) is 16.7 Å². The molecule has 0 saturated heterocycles. The number of benzene rings is 1. The molecule has 0 aliphatic heterocycles. The van der Waals surface area contributed by atoms with Crippen molar-refractivity contribution in [3.8, 4) is 0 Å². The van der Waals surface area contributed by atoms with Crippen LogP contribution in [0.2, 0.25) is 0 Å². The standard InChI is InChI=1S/C12H19N/c1-9(2)13-8-12-7-5-6-10(3)11(12)4/h5-7,9,13H,8H2,1-4H3. The lowest BCUT2D eigenvalue weighted by Crippen LogP contribution is -2.22. The summed E-state index contributed by atoms with van der Waals surface area (Å²) in [5.74, 6) is 0. The minimum atomic E-state index is 0.555. The highest BCUT2D eigenvalue weighted by atomic mass is 14.9. The number of hydrogen-bond acceptors (Lipinski definition) is 1. The fraction of sp³-hybridized carbons (Fsp3) is 0.500. The van der Waals surface area contributed by atoms with Gasteiger partial charge in [0.2, 0.25) is 0 Å². The zero-order chi connectivity index (χ0) is 9.84. The van der Waals surface area contributed by atoms with Crippen LogP contribution in [-0.4, -0.2) is 6.04 Å². The Labute approximate surface area is 81.2 Å². The van der Waals surface area contributed by atoms with Gasteiger partial charge in [-0.3, -0.25) is 0 Å². The Balaban J connectivity index is 2.71. The first-order chi connectivity index (χ1) is 6.11. The van der Waals surface area contributed by atoms with Gasteiger partial charge in [0.05, 0.1) is 0 Å². The van der Waals surface area contributed by atoms with E-state index in [1.54, 1.807) is 0 Å². The first kappa shape index (κ1) is 10.3. The van der Waals surface area contributed by atoms with Crippen LogP contribution in [0.15, 0.2) is 18.2 Å². The van der Waals surface area contributed by atoms with Gasteiger partial charge >= 0.3 is 0 Å². The molecule has 0 unspecified atom stereocenters. The Morgan fingerprint density at radius 1 is 1.23 bits per heavy atom. The van der Waals surface area contributed by atoms with Crippen LogP contribution >= 0.6 is 0 Å². The van der Waals surface area contributed by atoms with Crippen LogP contribution in [0.5, 0.6) is 0 Å². The molecular formula is C12H19N. The Morgan fingerprint density at radius 2 is 1.92 bits per heavy atom. The van der Waals surface area contributed by atoms with Crippen LogP contribution in [-0.2, 0) is 6.54 Å². The van der Waals surface area contributed by atoms with Gasteiger partial charge in [0.15, 0.2) is 0 Å². The van der Waals surface area contributed by atoms with E-state index in [-0.39, 0.29) is 0 Å². The van der Waals surface area contributed by atoms with Crippen molar-refractivity contribution >= 4 is 0 Å². The molecule has 72 valence electrons. The van der Waals surface area contributed by atoms with Crippen molar-refractivity contribution in [2.24, 2.45) is 0 Å². The molecule has 0 fully saturated rings. The third-order valence-electron chi connectivity index (χ3n) is 2.42. The smallest absolute Gasteiger partial charge is 0.0210 e. The largest absolute Gasteiger partial charge is 0.310 e. The van der Waals surface area contributed by atoms with Crippen LogP contribution in [0.4, 0.5) is 0 Å². The van der Waals surface area contributed by atoms with E-state index in [2.05, 4.69) is 51.2 Å². The summed E-state index contributed by atoms with van der Waals surface area (Å²) in [6, 6.07) is 7.03. The van der Waals surface area contributed by atoms with Crippen LogP contribution in [0, 0.1) is 13.8 Å². The monoisotopic (exact) mass is 177 g/mol. The number of aryl methyl sites for hydroxylation is 1. The van der Waals surface area contributed by atoms with Crippen molar-refractivity contribution < 1.29 is 0 Å². The first-order valence-electron chi connectivity index (χ1n) is 4.89. The van der Waals surface area contributed by atoms with E-state index < -0.39 is 0 Å². The normalized spacial score (nSPS) is 10.8. The number of nitrogens with one attached hydrogen (secondary N) is 1. The van der Waals surface area contributed by atoms with Crippen LogP contribution < -0.4 is 5.32 Å². The molecule has 0 spiro atoms. The molecular weight excluding hydrogens is 158 g/mol. The molecule has 0 aliphatic rings. The maximum absolute atomic E-state index is 3.43. The third kappa shape index (κ3) is 2.85. The quantitative estimate of drug-likeness (QED) is 0.748. The van der Waals surface area contributed by atoms with Gasteiger partial charge in [0, 0.05) is 12.6 Å². The molecule has 1 nitrogen and oxygen atoms in total. The van der Waals surface area contributed by atoms with Gasteiger partial charge < -0.3 is 5.32 Å². The zero-order valence-corrected chi connectivity index (χ0v) is 9.02. The average molecular weight is 177 g/mol. The van der Waals surface area contributed by atoms with E-state index in [1.807, 2.05) is 0 Å². The van der Waals surface area contributed by atoms with Crippen molar-refractivity contribution in [1.29, 1.82) is 0 Å². The van der Waals surface area contributed by atoms with Crippen LogP contribution in [0.1, 0.15) is 30.5 Å². The van der Waals surface area contributed by atoms with Gasteiger partial charge in [-0.05, 0) is 30.5 Å². The lowest BCUT2D eigenvalue weighted by Gasteiger charge is -2.11. The minimum absolute atomic E-state index is 0.555. The van der Waals surface area contributed by atoms with E-state index >= 15 is 0 Å². The maximum atomic E-state index is 3.43.